The molecule has 12 heavy (non-hydrogen) atoms. The first-order valence-corrected chi connectivity index (χ1v) is 3.35. The molecule has 0 saturated heterocycles. The van der Waals surface area contributed by atoms with E-state index in [1.165, 1.54) is 5.56 Å². The Hall–Kier alpha value is -0.335. The van der Waals surface area contributed by atoms with Gasteiger partial charge in [0.1, 0.15) is 12.4 Å². The van der Waals surface area contributed by atoms with Gasteiger partial charge in [-0.1, -0.05) is 24.3 Å². The van der Waals surface area contributed by atoms with Crippen LogP contribution in [0.2, 0.25) is 0 Å². The van der Waals surface area contributed by atoms with Crippen LogP contribution in [0.1, 0.15) is 5.56 Å². The van der Waals surface area contributed by atoms with Gasteiger partial charge in [0.2, 0.25) is 0 Å². The molecule has 0 atom stereocenters. The maximum atomic E-state index is 5.34. The molecule has 0 unspecified atom stereocenters. The normalized spacial score (nSPS) is 11.7. The third kappa shape index (κ3) is 2.33. The molecule has 1 aromatic carbocycles. The summed E-state index contributed by atoms with van der Waals surface area (Å²) in [5.41, 5.74) is 1.17. The first kappa shape index (κ1) is 11.7. The van der Waals surface area contributed by atoms with Crippen molar-refractivity contribution in [2.75, 3.05) is 6.61 Å². The number of fused-ring (bicyclic) bond motifs is 1. The van der Waals surface area contributed by atoms with Crippen LogP contribution in [0.25, 0.3) is 6.08 Å². The zero-order chi connectivity index (χ0) is 6.81. The smallest absolute Gasteiger partial charge is 0.126 e. The summed E-state index contributed by atoms with van der Waals surface area (Å²) < 4.78 is 5.34. The van der Waals surface area contributed by atoms with Crippen LogP contribution in [0, 0.1) is 0 Å². The summed E-state index contributed by atoms with van der Waals surface area (Å²) in [7, 11) is 0. The molecule has 1 aliphatic rings. The predicted octanol–water partition coefficient (Wildman–Crippen LogP) is 1.71. The molecule has 0 N–H and O–H groups in total. The van der Waals surface area contributed by atoms with Crippen LogP contribution >= 0.6 is 0 Å². The molecule has 60 valence electrons. The first-order valence-electron chi connectivity index (χ1n) is 3.35. The summed E-state index contributed by atoms with van der Waals surface area (Å²) in [6.07, 6.45) is 4.10. The van der Waals surface area contributed by atoms with E-state index < -0.39 is 0 Å². The summed E-state index contributed by atoms with van der Waals surface area (Å²) in [5.74, 6) is 0.991. The van der Waals surface area contributed by atoms with E-state index in [1.807, 2.05) is 30.3 Å². The van der Waals surface area contributed by atoms with Crippen molar-refractivity contribution in [2.45, 2.75) is 0 Å². The Morgan fingerprint density at radius 3 is 2.67 bits per heavy atom. The Bertz CT molecular complexity index is 273. The van der Waals surface area contributed by atoms with E-state index in [1.54, 1.807) is 0 Å². The van der Waals surface area contributed by atoms with E-state index in [0.29, 0.717) is 6.61 Å². The van der Waals surface area contributed by atoms with E-state index >= 15 is 0 Å². The number of hydrogen-bond acceptors (Lipinski definition) is 1. The van der Waals surface area contributed by atoms with Crippen molar-refractivity contribution in [3.05, 3.63) is 35.9 Å². The summed E-state index contributed by atoms with van der Waals surface area (Å²) in [6.45, 7) is 0.705. The van der Waals surface area contributed by atoms with Gasteiger partial charge in [0.15, 0.2) is 0 Å². The number of para-hydroxylation sites is 1. The van der Waals surface area contributed by atoms with Crippen molar-refractivity contribution in [3.63, 3.8) is 0 Å². The summed E-state index contributed by atoms with van der Waals surface area (Å²) >= 11 is 0. The molecule has 2 rings (SSSR count). The second kappa shape index (κ2) is 5.34. The third-order valence-corrected chi connectivity index (χ3v) is 1.55. The van der Waals surface area contributed by atoms with Crippen molar-refractivity contribution < 1.29 is 25.8 Å². The Balaban J connectivity index is 0.000000605. The topological polar surface area (TPSA) is 9.23 Å². The summed E-state index contributed by atoms with van der Waals surface area (Å²) in [5, 5.41) is 0. The van der Waals surface area contributed by atoms with Crippen LogP contribution in [0.4, 0.5) is 0 Å². The van der Waals surface area contributed by atoms with E-state index in [2.05, 4.69) is 6.08 Å². The van der Waals surface area contributed by atoms with Crippen LogP contribution in [0.15, 0.2) is 30.3 Å². The van der Waals surface area contributed by atoms with Gasteiger partial charge in [-0.25, -0.2) is 0 Å². The fourth-order valence-electron chi connectivity index (χ4n) is 1.06. The second-order valence-electron chi connectivity index (χ2n) is 2.25. The van der Waals surface area contributed by atoms with Crippen LogP contribution in [-0.4, -0.2) is 17.6 Å². The van der Waals surface area contributed by atoms with Gasteiger partial charge in [-0.2, -0.15) is 0 Å². The molecule has 0 bridgehead atoms. The van der Waals surface area contributed by atoms with Gasteiger partial charge in [-0.15, -0.1) is 0 Å². The predicted molar refractivity (Wildman–Crippen MR) is 46.7 cm³/mol. The van der Waals surface area contributed by atoms with Gasteiger partial charge in [0.05, 0.1) is 0 Å². The molecule has 1 heterocycles. The minimum absolute atomic E-state index is 0. The maximum Gasteiger partial charge on any atom is 0.126 e. The van der Waals surface area contributed by atoms with Crippen molar-refractivity contribution in [3.8, 4) is 5.75 Å². The van der Waals surface area contributed by atoms with E-state index in [4.69, 9.17) is 4.74 Å². The van der Waals surface area contributed by atoms with Crippen LogP contribution in [0.3, 0.4) is 0 Å². The average molecular weight is 344 g/mol. The summed E-state index contributed by atoms with van der Waals surface area (Å²) in [4.78, 5) is 0. The van der Waals surface area contributed by atoms with E-state index in [9.17, 15) is 0 Å². The second-order valence-corrected chi connectivity index (χ2v) is 2.25. The molecule has 1 nitrogen and oxygen atoms in total. The molecule has 0 fully saturated rings. The van der Waals surface area contributed by atoms with Gasteiger partial charge in [-0.3, -0.25) is 0 Å². The van der Waals surface area contributed by atoms with Gasteiger partial charge < -0.3 is 4.74 Å². The molecular formula is C9H8OSiW. The molecule has 0 aromatic heterocycles. The van der Waals surface area contributed by atoms with Gasteiger partial charge in [0.25, 0.3) is 0 Å². The van der Waals surface area contributed by atoms with Crippen molar-refractivity contribution >= 4 is 17.0 Å². The van der Waals surface area contributed by atoms with Crippen molar-refractivity contribution in [1.82, 2.24) is 0 Å². The van der Waals surface area contributed by atoms with Crippen LogP contribution in [-0.2, 0) is 21.1 Å². The quantitative estimate of drug-likeness (QED) is 0.652. The third-order valence-electron chi connectivity index (χ3n) is 1.55. The fraction of sp³-hybridized carbons (Fsp3) is 0.111. The zero-order valence-corrected chi connectivity index (χ0v) is 10.4. The molecule has 0 saturated carbocycles. The first-order chi connectivity index (χ1) is 4.97. The number of rotatable bonds is 0. The number of hydrogen-bond donors (Lipinski definition) is 0. The van der Waals surface area contributed by atoms with Crippen LogP contribution in [0.5, 0.6) is 5.75 Å². The standard InChI is InChI=1S/C9H8O.Si.W/c1-2-6-9-8(4-1)5-3-7-10-9;;/h1-6H,7H2;;. The molecule has 3 heteroatoms. The minimum Gasteiger partial charge on any atom is -0.489 e. The molecule has 4 radical (unpaired) electrons. The SMILES string of the molecule is C1=Cc2ccccc2OC1.[Si].[W]. The molecule has 0 amide bonds. The monoisotopic (exact) mass is 344 g/mol. The molecule has 1 aromatic rings. The van der Waals surface area contributed by atoms with E-state index in [0.717, 1.165) is 5.75 Å². The van der Waals surface area contributed by atoms with Gasteiger partial charge >= 0.3 is 0 Å². The van der Waals surface area contributed by atoms with Gasteiger partial charge in [0, 0.05) is 37.6 Å². The Morgan fingerprint density at radius 1 is 1.17 bits per heavy atom. The van der Waals surface area contributed by atoms with Crippen LogP contribution < -0.4 is 4.74 Å². The minimum atomic E-state index is 0. The Morgan fingerprint density at radius 2 is 1.92 bits per heavy atom. The Kier molecular flexibility index (Phi) is 5.19. The number of ether oxygens (including phenoxy) is 1. The molecule has 1 aliphatic heterocycles. The Labute approximate surface area is 91.1 Å². The zero-order valence-electron chi connectivity index (χ0n) is 6.49. The maximum absolute atomic E-state index is 5.34. The number of benzene rings is 1. The van der Waals surface area contributed by atoms with Crippen molar-refractivity contribution in [1.29, 1.82) is 0 Å². The molecular weight excluding hydrogens is 336 g/mol. The molecule has 0 aliphatic carbocycles. The van der Waals surface area contributed by atoms with Gasteiger partial charge in [-0.05, 0) is 12.1 Å². The average Bonchev–Trinajstić information content (AvgIpc) is 2.05. The van der Waals surface area contributed by atoms with E-state index in [-0.39, 0.29) is 32.0 Å². The fourth-order valence-corrected chi connectivity index (χ4v) is 1.06. The molecule has 0 spiro atoms. The summed E-state index contributed by atoms with van der Waals surface area (Å²) in [6, 6.07) is 8.03. The largest absolute Gasteiger partial charge is 0.489 e. The van der Waals surface area contributed by atoms with Crippen molar-refractivity contribution in [2.24, 2.45) is 0 Å².